The van der Waals surface area contributed by atoms with Crippen molar-refractivity contribution in [3.05, 3.63) is 35.7 Å². The van der Waals surface area contributed by atoms with Crippen molar-refractivity contribution in [2.45, 2.75) is 26.8 Å². The number of carbonyl (C=O) groups is 2. The number of benzene rings is 1. The number of aromatic nitrogens is 3. The molecule has 0 saturated carbocycles. The Kier molecular flexibility index (Phi) is 4.45. The van der Waals surface area contributed by atoms with E-state index < -0.39 is 0 Å². The van der Waals surface area contributed by atoms with Crippen molar-refractivity contribution in [3.63, 3.8) is 0 Å². The summed E-state index contributed by atoms with van der Waals surface area (Å²) in [6.45, 7) is 5.49. The highest BCUT2D eigenvalue weighted by atomic mass is 16.2. The number of amides is 3. The van der Waals surface area contributed by atoms with Crippen LogP contribution in [-0.2, 0) is 11.3 Å². The summed E-state index contributed by atoms with van der Waals surface area (Å²) in [5.41, 5.74) is 5.85. The second-order valence-electron chi connectivity index (χ2n) is 5.88. The summed E-state index contributed by atoms with van der Waals surface area (Å²) >= 11 is 0. The molecule has 1 aromatic carbocycles. The Morgan fingerprint density at radius 1 is 1.29 bits per heavy atom. The Labute approximate surface area is 139 Å². The molecule has 1 aliphatic rings. The van der Waals surface area contributed by atoms with Crippen molar-refractivity contribution in [1.82, 2.24) is 30.5 Å². The lowest BCUT2D eigenvalue weighted by Gasteiger charge is -2.15. The fourth-order valence-electron chi connectivity index (χ4n) is 2.64. The fraction of sp³-hybridized carbons (Fsp3) is 0.375. The lowest BCUT2D eigenvalue weighted by Crippen LogP contribution is -2.44. The maximum Gasteiger partial charge on any atom is 0.336 e. The Bertz CT molecular complexity index is 749. The van der Waals surface area contributed by atoms with Gasteiger partial charge in [-0.25, -0.2) is 14.8 Å². The highest BCUT2D eigenvalue weighted by molar-refractivity contribution is 5.82. The van der Waals surface area contributed by atoms with Crippen LogP contribution in [-0.4, -0.2) is 44.8 Å². The standard InChI is InChI=1S/C16H20N6O2/c1-11-7-12(2)9-13(8-11)15-18-10-21(20-15)5-3-14(23)19-22-6-4-17-16(22)24/h7-10H,3-6H2,1-2H3,(H,17,24)(H,19,23). The number of aryl methyl sites for hydroxylation is 3. The summed E-state index contributed by atoms with van der Waals surface area (Å²) in [7, 11) is 0. The Balaban J connectivity index is 1.58. The van der Waals surface area contributed by atoms with Gasteiger partial charge in [-0.3, -0.25) is 14.9 Å². The molecule has 24 heavy (non-hydrogen) atoms. The van der Waals surface area contributed by atoms with Crippen molar-refractivity contribution in [2.75, 3.05) is 13.1 Å². The second-order valence-corrected chi connectivity index (χ2v) is 5.88. The average Bonchev–Trinajstić information content (AvgIpc) is 3.14. The second kappa shape index (κ2) is 6.69. The zero-order valence-electron chi connectivity index (χ0n) is 13.7. The van der Waals surface area contributed by atoms with E-state index in [9.17, 15) is 9.59 Å². The van der Waals surface area contributed by atoms with E-state index in [1.54, 1.807) is 11.0 Å². The van der Waals surface area contributed by atoms with Crippen LogP contribution < -0.4 is 10.7 Å². The van der Waals surface area contributed by atoms with Crippen LogP contribution in [0.3, 0.4) is 0 Å². The Morgan fingerprint density at radius 3 is 2.71 bits per heavy atom. The molecule has 1 aromatic heterocycles. The Hall–Kier alpha value is -2.90. The van der Waals surface area contributed by atoms with Crippen LogP contribution in [0, 0.1) is 13.8 Å². The zero-order valence-corrected chi connectivity index (χ0v) is 13.7. The average molecular weight is 328 g/mol. The van der Waals surface area contributed by atoms with Crippen molar-refractivity contribution in [3.8, 4) is 11.4 Å². The van der Waals surface area contributed by atoms with Gasteiger partial charge in [0.1, 0.15) is 6.33 Å². The highest BCUT2D eigenvalue weighted by Crippen LogP contribution is 2.18. The molecule has 1 saturated heterocycles. The van der Waals surface area contributed by atoms with Crippen LogP contribution in [0.2, 0.25) is 0 Å². The first-order chi connectivity index (χ1) is 11.5. The number of hydrazine groups is 1. The normalized spacial score (nSPS) is 13.9. The highest BCUT2D eigenvalue weighted by Gasteiger charge is 2.21. The molecule has 3 rings (SSSR count). The summed E-state index contributed by atoms with van der Waals surface area (Å²) < 4.78 is 1.64. The minimum Gasteiger partial charge on any atom is -0.335 e. The third kappa shape index (κ3) is 3.70. The number of carbonyl (C=O) groups excluding carboxylic acids is 2. The summed E-state index contributed by atoms with van der Waals surface area (Å²) in [6, 6.07) is 5.89. The molecule has 2 aromatic rings. The van der Waals surface area contributed by atoms with Gasteiger partial charge in [0.15, 0.2) is 5.82 Å². The van der Waals surface area contributed by atoms with Gasteiger partial charge in [0.2, 0.25) is 5.91 Å². The number of rotatable bonds is 5. The largest absolute Gasteiger partial charge is 0.336 e. The lowest BCUT2D eigenvalue weighted by molar-refractivity contribution is -0.124. The molecule has 0 bridgehead atoms. The molecule has 2 heterocycles. The van der Waals surface area contributed by atoms with Gasteiger partial charge in [0, 0.05) is 18.5 Å². The summed E-state index contributed by atoms with van der Waals surface area (Å²) in [6.07, 6.45) is 1.84. The van der Waals surface area contributed by atoms with Crippen LogP contribution in [0.5, 0.6) is 0 Å². The van der Waals surface area contributed by atoms with Gasteiger partial charge in [-0.2, -0.15) is 5.10 Å². The molecular weight excluding hydrogens is 308 g/mol. The molecule has 126 valence electrons. The molecule has 0 aliphatic carbocycles. The van der Waals surface area contributed by atoms with Gasteiger partial charge in [-0.05, 0) is 26.0 Å². The molecule has 0 atom stereocenters. The van der Waals surface area contributed by atoms with Crippen LogP contribution >= 0.6 is 0 Å². The van der Waals surface area contributed by atoms with Gasteiger partial charge in [-0.1, -0.05) is 17.2 Å². The molecule has 8 heteroatoms. The predicted octanol–water partition coefficient (Wildman–Crippen LogP) is 1.01. The van der Waals surface area contributed by atoms with Crippen LogP contribution in [0.25, 0.3) is 11.4 Å². The molecule has 1 aliphatic heterocycles. The molecule has 0 unspecified atom stereocenters. The van der Waals surface area contributed by atoms with E-state index in [1.807, 2.05) is 26.0 Å². The van der Waals surface area contributed by atoms with Crippen molar-refractivity contribution < 1.29 is 9.59 Å². The van der Waals surface area contributed by atoms with E-state index in [0.717, 1.165) is 16.7 Å². The van der Waals surface area contributed by atoms with E-state index in [-0.39, 0.29) is 18.4 Å². The van der Waals surface area contributed by atoms with Crippen LogP contribution in [0.4, 0.5) is 4.79 Å². The topological polar surface area (TPSA) is 92.2 Å². The summed E-state index contributed by atoms with van der Waals surface area (Å²) in [4.78, 5) is 27.6. The number of urea groups is 1. The first-order valence-corrected chi connectivity index (χ1v) is 7.84. The van der Waals surface area contributed by atoms with Crippen molar-refractivity contribution in [1.29, 1.82) is 0 Å². The monoisotopic (exact) mass is 328 g/mol. The quantitative estimate of drug-likeness (QED) is 0.857. The van der Waals surface area contributed by atoms with E-state index >= 15 is 0 Å². The molecule has 0 radical (unpaired) electrons. The van der Waals surface area contributed by atoms with Gasteiger partial charge >= 0.3 is 6.03 Å². The SMILES string of the molecule is Cc1cc(C)cc(-c2ncn(CCC(=O)NN3CCNC3=O)n2)c1. The maximum absolute atomic E-state index is 11.9. The minimum absolute atomic E-state index is 0.222. The van der Waals surface area contributed by atoms with Gasteiger partial charge in [-0.15, -0.1) is 0 Å². The van der Waals surface area contributed by atoms with E-state index in [2.05, 4.69) is 26.9 Å². The number of nitrogens with one attached hydrogen (secondary N) is 2. The minimum atomic E-state index is -0.277. The third-order valence-electron chi connectivity index (χ3n) is 3.70. The third-order valence-corrected chi connectivity index (χ3v) is 3.70. The molecule has 3 amide bonds. The fourth-order valence-corrected chi connectivity index (χ4v) is 2.64. The molecular formula is C16H20N6O2. The van der Waals surface area contributed by atoms with E-state index in [1.165, 1.54) is 5.01 Å². The molecule has 8 nitrogen and oxygen atoms in total. The smallest absolute Gasteiger partial charge is 0.335 e. The first-order valence-electron chi connectivity index (χ1n) is 7.84. The van der Waals surface area contributed by atoms with Gasteiger partial charge < -0.3 is 5.32 Å². The molecule has 1 fully saturated rings. The summed E-state index contributed by atoms with van der Waals surface area (Å²) in [5.74, 6) is 0.414. The number of nitrogens with zero attached hydrogens (tertiary/aromatic N) is 4. The lowest BCUT2D eigenvalue weighted by atomic mass is 10.1. The first kappa shape index (κ1) is 16.0. The van der Waals surface area contributed by atoms with Crippen molar-refractivity contribution >= 4 is 11.9 Å². The molecule has 0 spiro atoms. The maximum atomic E-state index is 11.9. The van der Waals surface area contributed by atoms with Crippen LogP contribution in [0.1, 0.15) is 17.5 Å². The van der Waals surface area contributed by atoms with Crippen LogP contribution in [0.15, 0.2) is 24.5 Å². The number of hydrogen-bond donors (Lipinski definition) is 2. The number of hydrogen-bond acceptors (Lipinski definition) is 4. The summed E-state index contributed by atoms with van der Waals surface area (Å²) in [5, 5.41) is 8.32. The zero-order chi connectivity index (χ0) is 17.1. The van der Waals surface area contributed by atoms with Gasteiger partial charge in [0.05, 0.1) is 13.1 Å². The molecule has 2 N–H and O–H groups in total. The predicted molar refractivity (Wildman–Crippen MR) is 87.8 cm³/mol. The van der Waals surface area contributed by atoms with Gasteiger partial charge in [0.25, 0.3) is 0 Å². The Morgan fingerprint density at radius 2 is 2.04 bits per heavy atom. The van der Waals surface area contributed by atoms with E-state index in [0.29, 0.717) is 25.5 Å². The van der Waals surface area contributed by atoms with E-state index in [4.69, 9.17) is 0 Å². The van der Waals surface area contributed by atoms with Crippen molar-refractivity contribution in [2.24, 2.45) is 0 Å².